The fourth-order valence-electron chi connectivity index (χ4n) is 3.52. The van der Waals surface area contributed by atoms with Crippen molar-refractivity contribution < 1.29 is 24.3 Å². The maximum atomic E-state index is 13.2. The third-order valence-electron chi connectivity index (χ3n) is 5.59. The van der Waals surface area contributed by atoms with Gasteiger partial charge < -0.3 is 43.2 Å². The minimum atomic E-state index is -1.25. The third kappa shape index (κ3) is 8.99. The van der Waals surface area contributed by atoms with Gasteiger partial charge in [0.1, 0.15) is 18.1 Å². The lowest BCUT2D eigenvalue weighted by atomic mass is 10.0. The molecule has 202 valence electrons. The van der Waals surface area contributed by atoms with Crippen LogP contribution in [0.5, 0.6) is 0 Å². The molecule has 2 aromatic rings. The number of aliphatic carboxylic acids is 1. The molecule has 14 heteroatoms. The fourth-order valence-corrected chi connectivity index (χ4v) is 3.77. The number of nitrogens with two attached hydrogens (primary N) is 3. The molecule has 1 aromatic carbocycles. The quantitative estimate of drug-likeness (QED) is 0.0602. The van der Waals surface area contributed by atoms with E-state index < -0.39 is 47.9 Å². The second-order valence-corrected chi connectivity index (χ2v) is 8.86. The van der Waals surface area contributed by atoms with Gasteiger partial charge in [-0.05, 0) is 31.4 Å². The van der Waals surface area contributed by atoms with Crippen LogP contribution in [0.2, 0.25) is 0 Å². The maximum Gasteiger partial charge on any atom is 0.327 e. The van der Waals surface area contributed by atoms with Crippen molar-refractivity contribution in [3.05, 3.63) is 36.0 Å². The predicted octanol–water partition coefficient (Wildman–Crippen LogP) is -1.42. The van der Waals surface area contributed by atoms with Crippen LogP contribution in [-0.4, -0.2) is 76.2 Å². The summed E-state index contributed by atoms with van der Waals surface area (Å²) < 4.78 is 0. The smallest absolute Gasteiger partial charge is 0.327 e. The molecule has 0 aliphatic heterocycles. The first-order valence-electron chi connectivity index (χ1n) is 11.6. The van der Waals surface area contributed by atoms with Crippen molar-refractivity contribution in [3.8, 4) is 0 Å². The number of nitrogens with zero attached hydrogens (tertiary/aromatic N) is 1. The zero-order valence-electron chi connectivity index (χ0n) is 20.4. The first-order chi connectivity index (χ1) is 17.5. The molecular formula is C23H34N8O5S. The summed E-state index contributed by atoms with van der Waals surface area (Å²) in [5.74, 6) is -3.32. The van der Waals surface area contributed by atoms with E-state index in [0.717, 1.165) is 16.5 Å². The number of aromatic nitrogens is 1. The van der Waals surface area contributed by atoms with Gasteiger partial charge in [0, 0.05) is 35.8 Å². The number of fused-ring (bicyclic) bond motifs is 1. The highest BCUT2D eigenvalue weighted by Gasteiger charge is 2.28. The molecule has 0 aliphatic carbocycles. The van der Waals surface area contributed by atoms with Gasteiger partial charge in [-0.3, -0.25) is 19.4 Å². The first kappa shape index (κ1) is 29.5. The molecule has 0 aliphatic rings. The van der Waals surface area contributed by atoms with Gasteiger partial charge in [0.2, 0.25) is 17.7 Å². The number of carboxylic acid groups (broad SMARTS) is 1. The normalized spacial score (nSPS) is 14.1. The molecule has 0 saturated carbocycles. The van der Waals surface area contributed by atoms with E-state index in [1.165, 1.54) is 6.92 Å². The summed E-state index contributed by atoms with van der Waals surface area (Å²) >= 11 is 3.91. The van der Waals surface area contributed by atoms with Crippen LogP contribution in [-0.2, 0) is 25.6 Å². The summed E-state index contributed by atoms with van der Waals surface area (Å²) in [6.45, 7) is 1.71. The Morgan fingerprint density at radius 2 is 1.73 bits per heavy atom. The summed E-state index contributed by atoms with van der Waals surface area (Å²) in [6, 6.07) is 3.21. The van der Waals surface area contributed by atoms with Gasteiger partial charge in [0.05, 0.1) is 6.04 Å². The van der Waals surface area contributed by atoms with E-state index >= 15 is 0 Å². The minimum absolute atomic E-state index is 0.0595. The van der Waals surface area contributed by atoms with E-state index in [1.807, 2.05) is 24.3 Å². The van der Waals surface area contributed by atoms with Gasteiger partial charge in [-0.2, -0.15) is 12.6 Å². The molecule has 37 heavy (non-hydrogen) atoms. The lowest BCUT2D eigenvalue weighted by Gasteiger charge is -2.23. The van der Waals surface area contributed by atoms with E-state index in [1.54, 1.807) is 6.20 Å². The molecule has 13 nitrogen and oxygen atoms in total. The van der Waals surface area contributed by atoms with Crippen molar-refractivity contribution in [2.45, 2.75) is 50.4 Å². The number of benzene rings is 1. The number of carbonyl (C=O) groups is 4. The number of para-hydroxylation sites is 1. The number of H-pyrrole nitrogens is 1. The Morgan fingerprint density at radius 3 is 2.38 bits per heavy atom. The lowest BCUT2D eigenvalue weighted by molar-refractivity contribution is -0.141. The maximum absolute atomic E-state index is 13.2. The van der Waals surface area contributed by atoms with E-state index in [9.17, 15) is 19.2 Å². The summed E-state index contributed by atoms with van der Waals surface area (Å²) in [4.78, 5) is 56.5. The molecule has 4 atom stereocenters. The Kier molecular flexibility index (Phi) is 11.2. The molecule has 0 bridgehead atoms. The number of guanidine groups is 1. The van der Waals surface area contributed by atoms with Gasteiger partial charge in [-0.15, -0.1) is 0 Å². The summed E-state index contributed by atoms with van der Waals surface area (Å²) in [6.07, 6.45) is 2.60. The van der Waals surface area contributed by atoms with Crippen molar-refractivity contribution in [2.24, 2.45) is 22.2 Å². The van der Waals surface area contributed by atoms with E-state index in [0.29, 0.717) is 13.0 Å². The number of rotatable bonds is 14. The second kappa shape index (κ2) is 14.1. The van der Waals surface area contributed by atoms with Crippen molar-refractivity contribution in [2.75, 3.05) is 12.3 Å². The van der Waals surface area contributed by atoms with E-state index in [2.05, 4.69) is 38.6 Å². The monoisotopic (exact) mass is 534 g/mol. The second-order valence-electron chi connectivity index (χ2n) is 8.49. The summed E-state index contributed by atoms with van der Waals surface area (Å²) in [5.41, 5.74) is 18.2. The predicted molar refractivity (Wildman–Crippen MR) is 143 cm³/mol. The van der Waals surface area contributed by atoms with Crippen molar-refractivity contribution in [1.29, 1.82) is 0 Å². The van der Waals surface area contributed by atoms with Crippen molar-refractivity contribution in [1.82, 2.24) is 20.9 Å². The SMILES string of the molecule is C[C@H](NC(=O)[C@H](Cc1c[nH]c2ccccc12)NC(=O)[C@@H](N)CCCN=C(N)N)C(=O)N[C@@H](CS)C(=O)O. The topological polar surface area (TPSA) is 231 Å². The van der Waals surface area contributed by atoms with Crippen LogP contribution in [0.4, 0.5) is 0 Å². The van der Waals surface area contributed by atoms with E-state index in [4.69, 9.17) is 22.3 Å². The highest BCUT2D eigenvalue weighted by Crippen LogP contribution is 2.19. The molecular weight excluding hydrogens is 500 g/mol. The molecule has 0 radical (unpaired) electrons. The summed E-state index contributed by atoms with van der Waals surface area (Å²) in [7, 11) is 0. The van der Waals surface area contributed by atoms with Crippen LogP contribution in [0.15, 0.2) is 35.5 Å². The summed E-state index contributed by atoms with van der Waals surface area (Å²) in [5, 5.41) is 17.5. The number of thiol groups is 1. The van der Waals surface area contributed by atoms with Crippen molar-refractivity contribution in [3.63, 3.8) is 0 Å². The van der Waals surface area contributed by atoms with Gasteiger partial charge >= 0.3 is 5.97 Å². The van der Waals surface area contributed by atoms with E-state index in [-0.39, 0.29) is 24.6 Å². The molecule has 0 fully saturated rings. The molecule has 0 saturated heterocycles. The highest BCUT2D eigenvalue weighted by molar-refractivity contribution is 7.80. The number of hydrogen-bond donors (Lipinski definition) is 9. The zero-order chi connectivity index (χ0) is 27.5. The number of carboxylic acids is 1. The van der Waals surface area contributed by atoms with Crippen LogP contribution in [0.25, 0.3) is 10.9 Å². The van der Waals surface area contributed by atoms with Crippen molar-refractivity contribution >= 4 is 53.2 Å². The molecule has 2 rings (SSSR count). The highest BCUT2D eigenvalue weighted by atomic mass is 32.1. The molecule has 1 heterocycles. The van der Waals surface area contributed by atoms with Crippen LogP contribution in [0.3, 0.4) is 0 Å². The standard InChI is InChI=1S/C23H34N8O5S/c1-12(19(32)31-18(11-37)22(35)36)29-21(34)17(9-13-10-28-16-7-3-2-5-14(13)16)30-20(33)15(24)6-4-8-27-23(25)26/h2-3,5,7,10,12,15,17-18,28,37H,4,6,8-9,11,24H2,1H3,(H,29,34)(H,30,33)(H,31,32)(H,35,36)(H4,25,26,27)/t12-,15-,17-,18-/m0/s1. The van der Waals surface area contributed by atoms with Gasteiger partial charge in [0.15, 0.2) is 5.96 Å². The number of aromatic amines is 1. The number of amides is 3. The van der Waals surface area contributed by atoms with Gasteiger partial charge in [0.25, 0.3) is 0 Å². The average Bonchev–Trinajstić information content (AvgIpc) is 3.26. The molecule has 11 N–H and O–H groups in total. The zero-order valence-corrected chi connectivity index (χ0v) is 21.3. The van der Waals surface area contributed by atoms with Crippen LogP contribution in [0, 0.1) is 0 Å². The van der Waals surface area contributed by atoms with Crippen LogP contribution in [0.1, 0.15) is 25.3 Å². The van der Waals surface area contributed by atoms with Crippen LogP contribution >= 0.6 is 12.6 Å². The third-order valence-corrected chi connectivity index (χ3v) is 5.95. The van der Waals surface area contributed by atoms with Gasteiger partial charge in [-0.25, -0.2) is 4.79 Å². The number of hydrogen-bond acceptors (Lipinski definition) is 7. The number of nitrogens with one attached hydrogen (secondary N) is 4. The van der Waals surface area contributed by atoms with Crippen LogP contribution < -0.4 is 33.2 Å². The fraction of sp³-hybridized carbons (Fsp3) is 0.435. The number of aliphatic imine (C=N–C) groups is 1. The average molecular weight is 535 g/mol. The molecule has 1 aromatic heterocycles. The Labute approximate surface area is 219 Å². The molecule has 0 spiro atoms. The lowest BCUT2D eigenvalue weighted by Crippen LogP contribution is -2.57. The molecule has 3 amide bonds. The Balaban J connectivity index is 2.14. The Bertz CT molecular complexity index is 1130. The Morgan fingerprint density at radius 1 is 1.05 bits per heavy atom. The number of carbonyl (C=O) groups excluding carboxylic acids is 3. The first-order valence-corrected chi connectivity index (χ1v) is 12.3. The Hall–Kier alpha value is -3.78. The minimum Gasteiger partial charge on any atom is -0.480 e. The molecule has 0 unspecified atom stereocenters. The van der Waals surface area contributed by atoms with Gasteiger partial charge in [-0.1, -0.05) is 18.2 Å². The largest absolute Gasteiger partial charge is 0.480 e.